The molecule has 2 aromatic rings. The molecule has 6 nitrogen and oxygen atoms in total. The molecule has 0 aliphatic carbocycles. The Kier molecular flexibility index (Phi) is 4.55. The molecule has 1 saturated heterocycles. The van der Waals surface area contributed by atoms with Crippen LogP contribution in [0.1, 0.15) is 40.5 Å². The van der Waals surface area contributed by atoms with E-state index in [-0.39, 0.29) is 23.0 Å². The first-order valence-electron chi connectivity index (χ1n) is 8.32. The number of aromatic nitrogens is 2. The molecule has 1 aliphatic heterocycles. The summed E-state index contributed by atoms with van der Waals surface area (Å²) in [5, 5.41) is 3.55. The quantitative estimate of drug-likeness (QED) is 0.871. The highest BCUT2D eigenvalue weighted by atomic mass is 32.1. The molecule has 0 radical (unpaired) electrons. The van der Waals surface area contributed by atoms with E-state index < -0.39 is 0 Å². The SMILES string of the molecule is CC1(C)CC(C(=O)Nc2ncc(-c3ccc(N)nc3)s2)CC(C)(C)O1. The normalized spacial score (nSPS) is 19.5. The topological polar surface area (TPSA) is 90.1 Å². The molecule has 1 aliphatic rings. The lowest BCUT2D eigenvalue weighted by Crippen LogP contribution is -2.48. The van der Waals surface area contributed by atoms with Crippen LogP contribution in [-0.2, 0) is 9.53 Å². The minimum atomic E-state index is -0.312. The van der Waals surface area contributed by atoms with Gasteiger partial charge < -0.3 is 15.8 Å². The van der Waals surface area contributed by atoms with Gasteiger partial charge in [-0.2, -0.15) is 0 Å². The minimum Gasteiger partial charge on any atom is -0.384 e. The number of thiazole rings is 1. The first kappa shape index (κ1) is 17.8. The van der Waals surface area contributed by atoms with E-state index in [0.717, 1.165) is 10.4 Å². The fourth-order valence-electron chi connectivity index (χ4n) is 3.50. The smallest absolute Gasteiger partial charge is 0.229 e. The molecular weight excluding hydrogens is 336 g/mol. The summed E-state index contributed by atoms with van der Waals surface area (Å²) in [5.41, 5.74) is 5.92. The Morgan fingerprint density at radius 2 is 1.88 bits per heavy atom. The monoisotopic (exact) mass is 360 g/mol. The second-order valence-corrected chi connectivity index (χ2v) is 8.75. The summed E-state index contributed by atoms with van der Waals surface area (Å²) < 4.78 is 6.05. The van der Waals surface area contributed by atoms with Gasteiger partial charge in [-0.25, -0.2) is 9.97 Å². The number of pyridine rings is 1. The van der Waals surface area contributed by atoms with Crippen LogP contribution in [0, 0.1) is 5.92 Å². The van der Waals surface area contributed by atoms with Crippen LogP contribution >= 0.6 is 11.3 Å². The third-order valence-electron chi connectivity index (χ3n) is 4.21. The fourth-order valence-corrected chi connectivity index (χ4v) is 4.31. The standard InChI is InChI=1S/C18H24N4O2S/c1-17(2)7-12(8-18(3,4)24-17)15(23)22-16-21-10-13(25-16)11-5-6-14(19)20-9-11/h5-6,9-10,12H,7-8H2,1-4H3,(H2,19,20)(H,21,22,23). The highest BCUT2D eigenvalue weighted by Crippen LogP contribution is 2.39. The van der Waals surface area contributed by atoms with Crippen molar-refractivity contribution in [2.45, 2.75) is 51.7 Å². The van der Waals surface area contributed by atoms with Crippen molar-refractivity contribution in [3.63, 3.8) is 0 Å². The number of nitrogens with zero attached hydrogens (tertiary/aromatic N) is 2. The molecule has 134 valence electrons. The largest absolute Gasteiger partial charge is 0.384 e. The van der Waals surface area contributed by atoms with E-state index in [9.17, 15) is 4.79 Å². The zero-order valence-corrected chi connectivity index (χ0v) is 15.8. The third-order valence-corrected chi connectivity index (χ3v) is 5.17. The van der Waals surface area contributed by atoms with Crippen LogP contribution in [0.25, 0.3) is 10.4 Å². The average Bonchev–Trinajstić information content (AvgIpc) is 2.93. The molecular formula is C18H24N4O2S. The Morgan fingerprint density at radius 3 is 2.48 bits per heavy atom. The number of hydrogen-bond donors (Lipinski definition) is 2. The number of carbonyl (C=O) groups is 1. The lowest BCUT2D eigenvalue weighted by molar-refractivity contribution is -0.176. The maximum Gasteiger partial charge on any atom is 0.229 e. The van der Waals surface area contributed by atoms with Crippen molar-refractivity contribution in [3.8, 4) is 10.4 Å². The summed E-state index contributed by atoms with van der Waals surface area (Å²) in [7, 11) is 0. The first-order chi connectivity index (χ1) is 11.6. The summed E-state index contributed by atoms with van der Waals surface area (Å²) in [4.78, 5) is 22.1. The number of nitrogens with two attached hydrogens (primary N) is 1. The Bertz CT molecular complexity index is 752. The predicted octanol–water partition coefficient (Wildman–Crippen LogP) is 3.71. The molecule has 0 atom stereocenters. The summed E-state index contributed by atoms with van der Waals surface area (Å²) in [6, 6.07) is 3.64. The van der Waals surface area contributed by atoms with Crippen molar-refractivity contribution >= 4 is 28.2 Å². The molecule has 3 rings (SSSR count). The van der Waals surface area contributed by atoms with Crippen LogP contribution in [0.2, 0.25) is 0 Å². The number of amides is 1. The van der Waals surface area contributed by atoms with Gasteiger partial charge >= 0.3 is 0 Å². The van der Waals surface area contributed by atoms with Crippen molar-refractivity contribution in [3.05, 3.63) is 24.5 Å². The molecule has 0 saturated carbocycles. The van der Waals surface area contributed by atoms with Crippen LogP contribution in [0.15, 0.2) is 24.5 Å². The van der Waals surface area contributed by atoms with Crippen LogP contribution in [0.5, 0.6) is 0 Å². The lowest BCUT2D eigenvalue weighted by Gasteiger charge is -2.44. The number of ether oxygens (including phenoxy) is 1. The van der Waals surface area contributed by atoms with Crippen molar-refractivity contribution in [1.82, 2.24) is 9.97 Å². The summed E-state index contributed by atoms with van der Waals surface area (Å²) in [5.74, 6) is 0.386. The molecule has 0 bridgehead atoms. The fraction of sp³-hybridized carbons (Fsp3) is 0.500. The van der Waals surface area contributed by atoms with Crippen molar-refractivity contribution < 1.29 is 9.53 Å². The van der Waals surface area contributed by atoms with Crippen LogP contribution in [0.4, 0.5) is 10.9 Å². The zero-order valence-electron chi connectivity index (χ0n) is 15.0. The number of nitrogens with one attached hydrogen (secondary N) is 1. The second-order valence-electron chi connectivity index (χ2n) is 7.72. The maximum atomic E-state index is 12.7. The second kappa shape index (κ2) is 6.38. The number of anilines is 2. The molecule has 1 amide bonds. The number of nitrogen functional groups attached to an aromatic ring is 1. The molecule has 0 spiro atoms. The highest BCUT2D eigenvalue weighted by molar-refractivity contribution is 7.19. The molecule has 7 heteroatoms. The van der Waals surface area contributed by atoms with E-state index in [1.807, 2.05) is 33.8 Å². The van der Waals surface area contributed by atoms with E-state index in [2.05, 4.69) is 15.3 Å². The lowest BCUT2D eigenvalue weighted by atomic mass is 9.80. The summed E-state index contributed by atoms with van der Waals surface area (Å²) in [6.45, 7) is 8.13. The van der Waals surface area contributed by atoms with Gasteiger partial charge in [0, 0.05) is 23.9 Å². The van der Waals surface area contributed by atoms with Crippen LogP contribution in [-0.4, -0.2) is 27.1 Å². The molecule has 3 N–H and O–H groups in total. The molecule has 0 aromatic carbocycles. The molecule has 2 aromatic heterocycles. The van der Waals surface area contributed by atoms with Gasteiger partial charge in [-0.05, 0) is 52.7 Å². The van der Waals surface area contributed by atoms with Gasteiger partial charge in [0.2, 0.25) is 5.91 Å². The minimum absolute atomic E-state index is 0.000723. The van der Waals surface area contributed by atoms with E-state index in [1.165, 1.54) is 11.3 Å². The van der Waals surface area contributed by atoms with Gasteiger partial charge in [0.15, 0.2) is 5.13 Å². The van der Waals surface area contributed by atoms with Gasteiger partial charge in [-0.3, -0.25) is 4.79 Å². The van der Waals surface area contributed by atoms with Gasteiger partial charge in [0.1, 0.15) is 5.82 Å². The van der Waals surface area contributed by atoms with Crippen molar-refractivity contribution in [1.29, 1.82) is 0 Å². The van der Waals surface area contributed by atoms with Gasteiger partial charge in [-0.1, -0.05) is 11.3 Å². The molecule has 0 unspecified atom stereocenters. The van der Waals surface area contributed by atoms with Gasteiger partial charge in [0.25, 0.3) is 0 Å². The number of rotatable bonds is 3. The summed E-state index contributed by atoms with van der Waals surface area (Å²) >= 11 is 1.43. The van der Waals surface area contributed by atoms with Crippen molar-refractivity contribution in [2.75, 3.05) is 11.1 Å². The molecule has 3 heterocycles. The Balaban J connectivity index is 1.70. The highest BCUT2D eigenvalue weighted by Gasteiger charge is 2.42. The van der Waals surface area contributed by atoms with Crippen molar-refractivity contribution in [2.24, 2.45) is 5.92 Å². The Labute approximate surface area is 151 Å². The van der Waals surface area contributed by atoms with Gasteiger partial charge in [0.05, 0.1) is 16.1 Å². The number of carbonyl (C=O) groups excluding carboxylic acids is 1. The van der Waals surface area contributed by atoms with Gasteiger partial charge in [-0.15, -0.1) is 0 Å². The van der Waals surface area contributed by atoms with Crippen LogP contribution in [0.3, 0.4) is 0 Å². The average molecular weight is 360 g/mol. The molecule has 1 fully saturated rings. The maximum absolute atomic E-state index is 12.7. The number of hydrogen-bond acceptors (Lipinski definition) is 6. The Morgan fingerprint density at radius 1 is 1.20 bits per heavy atom. The predicted molar refractivity (Wildman–Crippen MR) is 100 cm³/mol. The summed E-state index contributed by atoms with van der Waals surface area (Å²) in [6.07, 6.45) is 4.84. The van der Waals surface area contributed by atoms with E-state index in [4.69, 9.17) is 10.5 Å². The van der Waals surface area contributed by atoms with E-state index in [1.54, 1.807) is 18.5 Å². The van der Waals surface area contributed by atoms with E-state index >= 15 is 0 Å². The van der Waals surface area contributed by atoms with E-state index in [0.29, 0.717) is 23.8 Å². The van der Waals surface area contributed by atoms with Crippen LogP contribution < -0.4 is 11.1 Å². The first-order valence-corrected chi connectivity index (χ1v) is 9.14. The molecule has 25 heavy (non-hydrogen) atoms. The third kappa shape index (κ3) is 4.35. The zero-order chi connectivity index (χ0) is 18.2. The Hall–Kier alpha value is -1.99.